The van der Waals surface area contributed by atoms with Crippen LogP contribution in [0.5, 0.6) is 0 Å². The number of ether oxygens (including phenoxy) is 1. The molecule has 4 nitrogen and oxygen atoms in total. The number of hydrogen-bond acceptors (Lipinski definition) is 4. The van der Waals surface area contributed by atoms with Gasteiger partial charge in [0.15, 0.2) is 0 Å². The molecular formula is C15H19N3O. The first-order chi connectivity index (χ1) is 9.33. The van der Waals surface area contributed by atoms with E-state index in [-0.39, 0.29) is 0 Å². The lowest BCUT2D eigenvalue weighted by molar-refractivity contribution is 0.185. The van der Waals surface area contributed by atoms with Gasteiger partial charge in [0.05, 0.1) is 6.61 Å². The number of pyridine rings is 1. The molecule has 1 heterocycles. The van der Waals surface area contributed by atoms with Crippen LogP contribution in [0, 0.1) is 0 Å². The van der Waals surface area contributed by atoms with E-state index in [1.54, 1.807) is 13.3 Å². The first-order valence-electron chi connectivity index (χ1n) is 6.37. The van der Waals surface area contributed by atoms with Crippen molar-refractivity contribution in [2.75, 3.05) is 24.3 Å². The zero-order chi connectivity index (χ0) is 13.5. The van der Waals surface area contributed by atoms with Gasteiger partial charge < -0.3 is 15.4 Å². The second kappa shape index (κ2) is 6.75. The lowest BCUT2D eigenvalue weighted by Crippen LogP contribution is -2.01. The molecule has 0 atom stereocenters. The summed E-state index contributed by atoms with van der Waals surface area (Å²) in [5, 5.41) is 6.59. The van der Waals surface area contributed by atoms with Crippen LogP contribution in [0.4, 0.5) is 17.2 Å². The largest absolute Gasteiger partial charge is 0.380 e. The molecule has 100 valence electrons. The Labute approximate surface area is 113 Å². The molecule has 4 heteroatoms. The minimum Gasteiger partial charge on any atom is -0.380 e. The first kappa shape index (κ1) is 13.4. The quantitative estimate of drug-likeness (QED) is 0.832. The minimum atomic E-state index is 0.592. The fourth-order valence-electron chi connectivity index (χ4n) is 1.87. The third-order valence-electron chi connectivity index (χ3n) is 2.71. The van der Waals surface area contributed by atoms with Crippen LogP contribution in [0.25, 0.3) is 0 Å². The van der Waals surface area contributed by atoms with Crippen molar-refractivity contribution >= 4 is 17.2 Å². The molecule has 0 fully saturated rings. The molecule has 0 unspecified atom stereocenters. The molecule has 1 aromatic heterocycles. The number of nitrogens with one attached hydrogen (secondary N) is 2. The molecule has 2 N–H and O–H groups in total. The number of para-hydroxylation sites is 1. The van der Waals surface area contributed by atoms with Crippen molar-refractivity contribution in [1.82, 2.24) is 4.98 Å². The van der Waals surface area contributed by atoms with E-state index in [0.717, 1.165) is 29.3 Å². The molecule has 0 aliphatic carbocycles. The molecule has 0 radical (unpaired) electrons. The molecule has 0 spiro atoms. The van der Waals surface area contributed by atoms with E-state index < -0.39 is 0 Å². The zero-order valence-corrected chi connectivity index (χ0v) is 11.3. The van der Waals surface area contributed by atoms with Crippen molar-refractivity contribution in [2.45, 2.75) is 13.5 Å². The number of anilines is 3. The summed E-state index contributed by atoms with van der Waals surface area (Å²) < 4.78 is 5.20. The van der Waals surface area contributed by atoms with Crippen LogP contribution in [-0.2, 0) is 11.3 Å². The maximum atomic E-state index is 5.20. The van der Waals surface area contributed by atoms with E-state index in [2.05, 4.69) is 28.6 Å². The van der Waals surface area contributed by atoms with E-state index in [1.165, 1.54) is 0 Å². The van der Waals surface area contributed by atoms with Crippen molar-refractivity contribution in [1.29, 1.82) is 0 Å². The van der Waals surface area contributed by atoms with Gasteiger partial charge in [-0.3, -0.25) is 0 Å². The average Bonchev–Trinajstić information content (AvgIpc) is 2.42. The Morgan fingerprint density at radius 3 is 2.84 bits per heavy atom. The number of methoxy groups -OCH3 is 1. The lowest BCUT2D eigenvalue weighted by Gasteiger charge is -2.12. The molecule has 0 saturated heterocycles. The molecule has 2 rings (SSSR count). The van der Waals surface area contributed by atoms with E-state index in [1.807, 2.05) is 30.3 Å². The Kier molecular flexibility index (Phi) is 4.75. The SMILES string of the molecule is CCNc1cc(Nc2ccccc2COC)ccn1. The van der Waals surface area contributed by atoms with E-state index in [9.17, 15) is 0 Å². The Morgan fingerprint density at radius 1 is 1.21 bits per heavy atom. The molecule has 0 saturated carbocycles. The maximum absolute atomic E-state index is 5.20. The first-order valence-corrected chi connectivity index (χ1v) is 6.37. The Balaban J connectivity index is 2.18. The van der Waals surface area contributed by atoms with Crippen LogP contribution in [0.1, 0.15) is 12.5 Å². The second-order valence-electron chi connectivity index (χ2n) is 4.18. The Hall–Kier alpha value is -2.07. The summed E-state index contributed by atoms with van der Waals surface area (Å²) in [5.41, 5.74) is 3.19. The third kappa shape index (κ3) is 3.69. The summed E-state index contributed by atoms with van der Waals surface area (Å²) in [7, 11) is 1.70. The number of benzene rings is 1. The van der Waals surface area contributed by atoms with E-state index >= 15 is 0 Å². The monoisotopic (exact) mass is 257 g/mol. The second-order valence-corrected chi connectivity index (χ2v) is 4.18. The van der Waals surface area contributed by atoms with Gasteiger partial charge in [-0.05, 0) is 19.1 Å². The Bertz CT molecular complexity index is 528. The van der Waals surface area contributed by atoms with Gasteiger partial charge in [0.2, 0.25) is 0 Å². The molecular weight excluding hydrogens is 238 g/mol. The summed E-state index contributed by atoms with van der Waals surface area (Å²) >= 11 is 0. The summed E-state index contributed by atoms with van der Waals surface area (Å²) in [5.74, 6) is 0.872. The highest BCUT2D eigenvalue weighted by atomic mass is 16.5. The highest BCUT2D eigenvalue weighted by molar-refractivity contribution is 5.65. The van der Waals surface area contributed by atoms with Crippen LogP contribution < -0.4 is 10.6 Å². The van der Waals surface area contributed by atoms with E-state index in [4.69, 9.17) is 4.74 Å². The van der Waals surface area contributed by atoms with Crippen molar-refractivity contribution in [2.24, 2.45) is 0 Å². The summed E-state index contributed by atoms with van der Waals surface area (Å²) in [6, 6.07) is 12.1. The molecule has 0 bridgehead atoms. The normalized spacial score (nSPS) is 10.2. The van der Waals surface area contributed by atoms with E-state index in [0.29, 0.717) is 6.61 Å². The number of hydrogen-bond donors (Lipinski definition) is 2. The van der Waals surface area contributed by atoms with Crippen molar-refractivity contribution in [3.63, 3.8) is 0 Å². The summed E-state index contributed by atoms with van der Waals surface area (Å²) in [6.07, 6.45) is 1.79. The standard InChI is InChI=1S/C15H19N3O/c1-3-16-15-10-13(8-9-17-15)18-14-7-5-4-6-12(14)11-19-2/h4-10H,3,11H2,1-2H3,(H2,16,17,18). The summed E-state index contributed by atoms with van der Waals surface area (Å²) in [6.45, 7) is 3.50. The van der Waals surface area contributed by atoms with Crippen molar-refractivity contribution in [3.8, 4) is 0 Å². The number of nitrogens with zero attached hydrogens (tertiary/aromatic N) is 1. The van der Waals surface area contributed by atoms with Crippen LogP contribution in [-0.4, -0.2) is 18.6 Å². The van der Waals surface area contributed by atoms with Gasteiger partial charge >= 0.3 is 0 Å². The van der Waals surface area contributed by atoms with Gasteiger partial charge in [0.25, 0.3) is 0 Å². The van der Waals surface area contributed by atoms with Gasteiger partial charge in [0.1, 0.15) is 5.82 Å². The highest BCUT2D eigenvalue weighted by Gasteiger charge is 2.02. The zero-order valence-electron chi connectivity index (χ0n) is 11.3. The van der Waals surface area contributed by atoms with Crippen LogP contribution in [0.2, 0.25) is 0 Å². The predicted octanol–water partition coefficient (Wildman–Crippen LogP) is 3.40. The number of aromatic nitrogens is 1. The smallest absolute Gasteiger partial charge is 0.127 e. The van der Waals surface area contributed by atoms with Crippen molar-refractivity contribution in [3.05, 3.63) is 48.2 Å². The average molecular weight is 257 g/mol. The molecule has 0 aliphatic rings. The van der Waals surface area contributed by atoms with Gasteiger partial charge in [0, 0.05) is 42.9 Å². The minimum absolute atomic E-state index is 0.592. The molecule has 1 aromatic carbocycles. The van der Waals surface area contributed by atoms with Crippen LogP contribution >= 0.6 is 0 Å². The lowest BCUT2D eigenvalue weighted by atomic mass is 10.2. The predicted molar refractivity (Wildman–Crippen MR) is 78.8 cm³/mol. The summed E-state index contributed by atoms with van der Waals surface area (Å²) in [4.78, 5) is 4.25. The molecule has 19 heavy (non-hydrogen) atoms. The fraction of sp³-hybridized carbons (Fsp3) is 0.267. The van der Waals surface area contributed by atoms with Gasteiger partial charge in [-0.1, -0.05) is 18.2 Å². The fourth-order valence-corrected chi connectivity index (χ4v) is 1.87. The Morgan fingerprint density at radius 2 is 2.05 bits per heavy atom. The maximum Gasteiger partial charge on any atom is 0.127 e. The molecule has 0 amide bonds. The van der Waals surface area contributed by atoms with Crippen molar-refractivity contribution < 1.29 is 4.74 Å². The highest BCUT2D eigenvalue weighted by Crippen LogP contribution is 2.22. The van der Waals surface area contributed by atoms with Gasteiger partial charge in [-0.2, -0.15) is 0 Å². The third-order valence-corrected chi connectivity index (χ3v) is 2.71. The number of rotatable bonds is 6. The molecule has 0 aliphatic heterocycles. The van der Waals surface area contributed by atoms with Crippen LogP contribution in [0.15, 0.2) is 42.6 Å². The van der Waals surface area contributed by atoms with Crippen LogP contribution in [0.3, 0.4) is 0 Å². The topological polar surface area (TPSA) is 46.2 Å². The molecule has 2 aromatic rings. The van der Waals surface area contributed by atoms with Gasteiger partial charge in [-0.15, -0.1) is 0 Å². The van der Waals surface area contributed by atoms with Gasteiger partial charge in [-0.25, -0.2) is 4.98 Å².